The number of nitrogens with zero attached hydrogens (tertiary/aromatic N) is 2. The molecule has 1 saturated heterocycles. The molecule has 3 amide bonds. The number of rotatable bonds is 6. The Kier molecular flexibility index (Phi) is 5.79. The van der Waals surface area contributed by atoms with Crippen molar-refractivity contribution in [1.29, 1.82) is 0 Å². The summed E-state index contributed by atoms with van der Waals surface area (Å²) in [5.74, 6) is 0.140. The largest absolute Gasteiger partial charge is 0.338 e. The molecule has 120 valence electrons. The Bertz CT molecular complexity index is 387. The topological polar surface area (TPSA) is 52.7 Å². The predicted molar refractivity (Wildman–Crippen MR) is 86.5 cm³/mol. The minimum Gasteiger partial charge on any atom is -0.338 e. The minimum absolute atomic E-state index is 0.0256. The van der Waals surface area contributed by atoms with Crippen molar-refractivity contribution < 1.29 is 9.59 Å². The van der Waals surface area contributed by atoms with Gasteiger partial charge in [-0.3, -0.25) is 4.79 Å². The molecule has 2 atom stereocenters. The molecular weight excluding hydrogens is 286 g/mol. The van der Waals surface area contributed by atoms with E-state index in [-0.39, 0.29) is 18.0 Å². The Morgan fingerprint density at radius 3 is 2.67 bits per heavy atom. The highest BCUT2D eigenvalue weighted by Gasteiger charge is 2.36. The number of amides is 3. The number of hydrogen-bond acceptors (Lipinski definition) is 3. The van der Waals surface area contributed by atoms with Gasteiger partial charge in [-0.25, -0.2) is 4.79 Å². The van der Waals surface area contributed by atoms with Crippen LogP contribution in [0.4, 0.5) is 4.79 Å². The van der Waals surface area contributed by atoms with E-state index in [1.807, 2.05) is 9.80 Å². The molecule has 0 aromatic carbocycles. The number of hydrogen-bond donors (Lipinski definition) is 1. The second-order valence-electron chi connectivity index (χ2n) is 6.12. The van der Waals surface area contributed by atoms with Crippen LogP contribution in [-0.4, -0.2) is 65.0 Å². The van der Waals surface area contributed by atoms with Crippen LogP contribution in [0.15, 0.2) is 0 Å². The Balaban J connectivity index is 1.87. The van der Waals surface area contributed by atoms with Gasteiger partial charge in [-0.1, -0.05) is 6.92 Å². The molecule has 1 aliphatic heterocycles. The van der Waals surface area contributed by atoms with Crippen molar-refractivity contribution in [3.63, 3.8) is 0 Å². The van der Waals surface area contributed by atoms with Gasteiger partial charge in [0, 0.05) is 37.8 Å². The molecular formula is C15H27N3O2S. The molecule has 0 aromatic heterocycles. The maximum absolute atomic E-state index is 12.3. The first kappa shape index (κ1) is 16.5. The van der Waals surface area contributed by atoms with E-state index in [9.17, 15) is 9.59 Å². The molecule has 0 aromatic rings. The first-order chi connectivity index (χ1) is 10.0. The van der Waals surface area contributed by atoms with E-state index in [1.54, 1.807) is 18.7 Å². The summed E-state index contributed by atoms with van der Waals surface area (Å²) in [6, 6.07) is 0.626. The molecule has 2 aliphatic rings. The zero-order valence-corrected chi connectivity index (χ0v) is 14.1. The third kappa shape index (κ3) is 4.53. The van der Waals surface area contributed by atoms with Crippen LogP contribution < -0.4 is 5.32 Å². The molecule has 21 heavy (non-hydrogen) atoms. The summed E-state index contributed by atoms with van der Waals surface area (Å²) >= 11 is 1.75. The highest BCUT2D eigenvalue weighted by molar-refractivity contribution is 7.99. The van der Waals surface area contributed by atoms with Gasteiger partial charge in [0.25, 0.3) is 0 Å². The quantitative estimate of drug-likeness (QED) is 0.815. The van der Waals surface area contributed by atoms with Gasteiger partial charge in [0.15, 0.2) is 0 Å². The molecule has 2 fully saturated rings. The lowest BCUT2D eigenvalue weighted by atomic mass is 10.2. The van der Waals surface area contributed by atoms with E-state index in [2.05, 4.69) is 18.5 Å². The average molecular weight is 313 g/mol. The number of carbonyl (C=O) groups excluding carboxylic acids is 2. The third-order valence-corrected chi connectivity index (χ3v) is 5.35. The summed E-state index contributed by atoms with van der Waals surface area (Å²) in [6.07, 6.45) is 6.32. The standard InChI is InChI=1S/C15H27N3O2S/c1-11(21-3)9-16-15(20)17-8-4-5-14(17)10-18(12(2)19)13-6-7-13/h11,13-14H,4-10H2,1-3H3,(H,16,20)/t11-,14-/m0/s1. The Labute approximate surface area is 131 Å². The van der Waals surface area contributed by atoms with Gasteiger partial charge in [-0.2, -0.15) is 11.8 Å². The number of urea groups is 1. The molecule has 2 rings (SSSR count). The maximum atomic E-state index is 12.3. The summed E-state index contributed by atoms with van der Waals surface area (Å²) < 4.78 is 0. The molecule has 0 unspecified atom stereocenters. The second kappa shape index (κ2) is 7.38. The van der Waals surface area contributed by atoms with Crippen LogP contribution in [0.2, 0.25) is 0 Å². The van der Waals surface area contributed by atoms with Crippen molar-refractivity contribution in [3.8, 4) is 0 Å². The fraction of sp³-hybridized carbons (Fsp3) is 0.867. The van der Waals surface area contributed by atoms with Gasteiger partial charge < -0.3 is 15.1 Å². The zero-order chi connectivity index (χ0) is 15.4. The number of carbonyl (C=O) groups is 2. The minimum atomic E-state index is 0.0256. The summed E-state index contributed by atoms with van der Waals surface area (Å²) in [7, 11) is 0. The van der Waals surface area contributed by atoms with Crippen molar-refractivity contribution in [2.24, 2.45) is 0 Å². The molecule has 6 heteroatoms. The summed E-state index contributed by atoms with van der Waals surface area (Å²) in [6.45, 7) is 5.95. The SMILES string of the molecule is CS[C@@H](C)CNC(=O)N1CCC[C@H]1CN(C(C)=O)C1CC1. The van der Waals surface area contributed by atoms with Crippen LogP contribution in [-0.2, 0) is 4.79 Å². The first-order valence-corrected chi connectivity index (χ1v) is 9.16. The molecule has 0 radical (unpaired) electrons. The molecule has 1 N–H and O–H groups in total. The van der Waals surface area contributed by atoms with Crippen molar-refractivity contribution >= 4 is 23.7 Å². The fourth-order valence-electron chi connectivity index (χ4n) is 2.86. The van der Waals surface area contributed by atoms with Crippen LogP contribution in [0.5, 0.6) is 0 Å². The maximum Gasteiger partial charge on any atom is 0.317 e. The van der Waals surface area contributed by atoms with Gasteiger partial charge in [-0.15, -0.1) is 0 Å². The van der Waals surface area contributed by atoms with Crippen LogP contribution in [0.1, 0.15) is 39.5 Å². The lowest BCUT2D eigenvalue weighted by molar-refractivity contribution is -0.130. The second-order valence-corrected chi connectivity index (χ2v) is 7.40. The highest BCUT2D eigenvalue weighted by atomic mass is 32.2. The smallest absolute Gasteiger partial charge is 0.317 e. The first-order valence-electron chi connectivity index (χ1n) is 7.87. The lowest BCUT2D eigenvalue weighted by Gasteiger charge is -2.30. The van der Waals surface area contributed by atoms with Crippen LogP contribution >= 0.6 is 11.8 Å². The molecule has 1 aliphatic carbocycles. The van der Waals surface area contributed by atoms with Crippen molar-refractivity contribution in [1.82, 2.24) is 15.1 Å². The number of thioether (sulfide) groups is 1. The predicted octanol–water partition coefficient (Wildman–Crippen LogP) is 1.92. The number of likely N-dealkylation sites (tertiary alicyclic amines) is 1. The summed E-state index contributed by atoms with van der Waals surface area (Å²) in [5, 5.41) is 3.44. The van der Waals surface area contributed by atoms with Gasteiger partial charge in [0.2, 0.25) is 5.91 Å². The molecule has 1 saturated carbocycles. The normalized spacial score (nSPS) is 23.0. The van der Waals surface area contributed by atoms with Gasteiger partial charge >= 0.3 is 6.03 Å². The zero-order valence-electron chi connectivity index (χ0n) is 13.3. The number of nitrogens with one attached hydrogen (secondary N) is 1. The summed E-state index contributed by atoms with van der Waals surface area (Å²) in [5.41, 5.74) is 0. The van der Waals surface area contributed by atoms with E-state index in [4.69, 9.17) is 0 Å². The highest BCUT2D eigenvalue weighted by Crippen LogP contribution is 2.29. The van der Waals surface area contributed by atoms with Crippen LogP contribution in [0, 0.1) is 0 Å². The molecule has 0 spiro atoms. The van der Waals surface area contributed by atoms with Gasteiger partial charge in [-0.05, 0) is 31.9 Å². The van der Waals surface area contributed by atoms with E-state index in [0.717, 1.165) is 32.2 Å². The van der Waals surface area contributed by atoms with Crippen molar-refractivity contribution in [3.05, 3.63) is 0 Å². The van der Waals surface area contributed by atoms with E-state index in [1.165, 1.54) is 0 Å². The monoisotopic (exact) mass is 313 g/mol. The van der Waals surface area contributed by atoms with E-state index in [0.29, 0.717) is 24.4 Å². The van der Waals surface area contributed by atoms with Crippen LogP contribution in [0.25, 0.3) is 0 Å². The van der Waals surface area contributed by atoms with E-state index < -0.39 is 0 Å². The van der Waals surface area contributed by atoms with Gasteiger partial charge in [0.05, 0.1) is 6.04 Å². The summed E-state index contributed by atoms with van der Waals surface area (Å²) in [4.78, 5) is 27.9. The lowest BCUT2D eigenvalue weighted by Crippen LogP contribution is -2.49. The van der Waals surface area contributed by atoms with Crippen molar-refractivity contribution in [2.75, 3.05) is 25.9 Å². The third-order valence-electron chi connectivity index (χ3n) is 4.38. The molecule has 1 heterocycles. The van der Waals surface area contributed by atoms with Gasteiger partial charge in [0.1, 0.15) is 0 Å². The fourth-order valence-corrected chi connectivity index (χ4v) is 3.11. The van der Waals surface area contributed by atoms with Crippen molar-refractivity contribution in [2.45, 2.75) is 56.9 Å². The molecule has 0 bridgehead atoms. The molecule has 5 nitrogen and oxygen atoms in total. The Morgan fingerprint density at radius 1 is 1.38 bits per heavy atom. The Hall–Kier alpha value is -0.910. The van der Waals surface area contributed by atoms with Crippen LogP contribution in [0.3, 0.4) is 0 Å². The Morgan fingerprint density at radius 2 is 2.10 bits per heavy atom. The van der Waals surface area contributed by atoms with E-state index >= 15 is 0 Å². The average Bonchev–Trinajstić information content (AvgIpc) is 3.19.